The lowest BCUT2D eigenvalue weighted by Crippen LogP contribution is -2.18. The van der Waals surface area contributed by atoms with E-state index >= 15 is 0 Å². The van der Waals surface area contributed by atoms with Crippen molar-refractivity contribution in [2.45, 2.75) is 13.5 Å². The predicted octanol–water partition coefficient (Wildman–Crippen LogP) is 2.21. The maximum absolute atomic E-state index is 10.8. The van der Waals surface area contributed by atoms with Gasteiger partial charge in [-0.3, -0.25) is 4.79 Å². The van der Waals surface area contributed by atoms with E-state index in [-0.39, 0.29) is 5.91 Å². The fourth-order valence-electron chi connectivity index (χ4n) is 1.29. The van der Waals surface area contributed by atoms with E-state index in [2.05, 4.69) is 10.3 Å². The third-order valence-electron chi connectivity index (χ3n) is 2.10. The maximum atomic E-state index is 10.8. The number of rotatable bonds is 4. The van der Waals surface area contributed by atoms with Crippen LogP contribution in [0.25, 0.3) is 9.75 Å². The number of carboxylic acids is 1. The van der Waals surface area contributed by atoms with Crippen LogP contribution in [0.2, 0.25) is 0 Å². The molecule has 0 bridgehead atoms. The summed E-state index contributed by atoms with van der Waals surface area (Å²) in [4.78, 5) is 27.8. The highest BCUT2D eigenvalue weighted by Crippen LogP contribution is 2.32. The smallest absolute Gasteiger partial charge is 0.345 e. The molecule has 0 aromatic carbocycles. The molecule has 0 atom stereocenters. The monoisotopic (exact) mass is 282 g/mol. The fraction of sp³-hybridized carbons (Fsp3) is 0.182. The Morgan fingerprint density at radius 2 is 2.11 bits per heavy atom. The highest BCUT2D eigenvalue weighted by Gasteiger charge is 2.11. The van der Waals surface area contributed by atoms with Crippen molar-refractivity contribution >= 4 is 34.6 Å². The molecule has 2 aromatic heterocycles. The standard InChI is InChI=1S/C11H10N2O3S2/c1-6(14)12-5-10-13-4-9(18-10)7-2-3-8(17-7)11(15)16/h2-4H,5H2,1H3,(H,12,14)(H,15,16). The van der Waals surface area contributed by atoms with Crippen LogP contribution >= 0.6 is 22.7 Å². The summed E-state index contributed by atoms with van der Waals surface area (Å²) in [6.07, 6.45) is 1.69. The summed E-state index contributed by atoms with van der Waals surface area (Å²) in [5.41, 5.74) is 0. The Bertz CT molecular complexity index is 589. The minimum Gasteiger partial charge on any atom is -0.477 e. The quantitative estimate of drug-likeness (QED) is 0.901. The zero-order valence-corrected chi connectivity index (χ0v) is 11.1. The third-order valence-corrected chi connectivity index (χ3v) is 4.37. The molecular formula is C11H10N2O3S2. The summed E-state index contributed by atoms with van der Waals surface area (Å²) in [6.45, 7) is 1.85. The first-order valence-electron chi connectivity index (χ1n) is 5.09. The van der Waals surface area contributed by atoms with E-state index in [1.807, 2.05) is 0 Å². The molecule has 0 saturated heterocycles. The van der Waals surface area contributed by atoms with Gasteiger partial charge in [0.2, 0.25) is 5.91 Å². The van der Waals surface area contributed by atoms with E-state index in [4.69, 9.17) is 5.11 Å². The summed E-state index contributed by atoms with van der Waals surface area (Å²) in [5, 5.41) is 12.3. The predicted molar refractivity (Wildman–Crippen MR) is 69.9 cm³/mol. The summed E-state index contributed by atoms with van der Waals surface area (Å²) in [5.74, 6) is -1.02. The Labute approximate surface area is 111 Å². The highest BCUT2D eigenvalue weighted by atomic mass is 32.1. The molecule has 0 fully saturated rings. The Morgan fingerprint density at radius 3 is 2.72 bits per heavy atom. The average Bonchev–Trinajstić information content (AvgIpc) is 2.95. The Kier molecular flexibility index (Phi) is 3.73. The zero-order valence-electron chi connectivity index (χ0n) is 9.47. The lowest BCUT2D eigenvalue weighted by atomic mass is 10.4. The second-order valence-electron chi connectivity index (χ2n) is 3.50. The molecule has 0 saturated carbocycles. The average molecular weight is 282 g/mol. The van der Waals surface area contributed by atoms with Gasteiger partial charge in [-0.1, -0.05) is 0 Å². The maximum Gasteiger partial charge on any atom is 0.345 e. The summed E-state index contributed by atoms with van der Waals surface area (Å²) in [6, 6.07) is 3.35. The fourth-order valence-corrected chi connectivity index (χ4v) is 3.07. The summed E-state index contributed by atoms with van der Waals surface area (Å²) in [7, 11) is 0. The lowest BCUT2D eigenvalue weighted by molar-refractivity contribution is -0.119. The second-order valence-corrected chi connectivity index (χ2v) is 5.70. The molecule has 2 aromatic rings. The van der Waals surface area contributed by atoms with E-state index in [9.17, 15) is 9.59 Å². The highest BCUT2D eigenvalue weighted by molar-refractivity contribution is 7.22. The van der Waals surface area contributed by atoms with Gasteiger partial charge in [-0.05, 0) is 12.1 Å². The number of thiazole rings is 1. The number of nitrogens with zero attached hydrogens (tertiary/aromatic N) is 1. The summed E-state index contributed by atoms with van der Waals surface area (Å²) < 4.78 is 0. The van der Waals surface area contributed by atoms with Gasteiger partial charge >= 0.3 is 5.97 Å². The molecule has 18 heavy (non-hydrogen) atoms. The molecule has 0 spiro atoms. The molecule has 0 aliphatic carbocycles. The number of carbonyl (C=O) groups excluding carboxylic acids is 1. The van der Waals surface area contributed by atoms with Gasteiger partial charge in [-0.25, -0.2) is 9.78 Å². The van der Waals surface area contributed by atoms with Crippen molar-refractivity contribution in [3.05, 3.63) is 28.2 Å². The van der Waals surface area contributed by atoms with Gasteiger partial charge in [0.05, 0.1) is 11.4 Å². The number of hydrogen-bond donors (Lipinski definition) is 2. The van der Waals surface area contributed by atoms with Crippen LogP contribution in [0, 0.1) is 0 Å². The van der Waals surface area contributed by atoms with Crippen LogP contribution in [0.3, 0.4) is 0 Å². The van der Waals surface area contributed by atoms with Crippen molar-refractivity contribution in [3.63, 3.8) is 0 Å². The zero-order chi connectivity index (χ0) is 13.1. The summed E-state index contributed by atoms with van der Waals surface area (Å²) >= 11 is 2.66. The molecule has 2 rings (SSSR count). The van der Waals surface area contributed by atoms with Crippen LogP contribution in [0.4, 0.5) is 0 Å². The minimum atomic E-state index is -0.922. The number of nitrogens with one attached hydrogen (secondary N) is 1. The van der Waals surface area contributed by atoms with Gasteiger partial charge in [-0.2, -0.15) is 0 Å². The van der Waals surface area contributed by atoms with E-state index in [1.165, 1.54) is 29.6 Å². The van der Waals surface area contributed by atoms with E-state index in [0.717, 1.165) is 14.8 Å². The molecule has 2 N–H and O–H groups in total. The van der Waals surface area contributed by atoms with Gasteiger partial charge in [0, 0.05) is 18.0 Å². The van der Waals surface area contributed by atoms with Crippen LogP contribution in [0.15, 0.2) is 18.3 Å². The van der Waals surface area contributed by atoms with E-state index in [1.54, 1.807) is 18.3 Å². The molecule has 0 radical (unpaired) electrons. The van der Waals surface area contributed by atoms with Gasteiger partial charge in [-0.15, -0.1) is 22.7 Å². The number of carbonyl (C=O) groups is 2. The van der Waals surface area contributed by atoms with Crippen molar-refractivity contribution in [3.8, 4) is 9.75 Å². The first-order valence-corrected chi connectivity index (χ1v) is 6.72. The number of thiophene rings is 1. The number of aromatic nitrogens is 1. The molecule has 0 unspecified atom stereocenters. The van der Waals surface area contributed by atoms with Gasteiger partial charge in [0.15, 0.2) is 0 Å². The molecule has 5 nitrogen and oxygen atoms in total. The molecule has 1 amide bonds. The molecule has 0 aliphatic rings. The minimum absolute atomic E-state index is 0.101. The Balaban J connectivity index is 2.13. The number of carboxylic acid groups (broad SMARTS) is 1. The number of aromatic carboxylic acids is 1. The van der Waals surface area contributed by atoms with Gasteiger partial charge in [0.25, 0.3) is 0 Å². The first-order chi connectivity index (χ1) is 8.56. The van der Waals surface area contributed by atoms with Crippen molar-refractivity contribution in [2.24, 2.45) is 0 Å². The normalized spacial score (nSPS) is 10.3. The van der Waals surface area contributed by atoms with Crippen LogP contribution in [0.1, 0.15) is 21.6 Å². The molecular weight excluding hydrogens is 272 g/mol. The largest absolute Gasteiger partial charge is 0.477 e. The molecule has 0 aliphatic heterocycles. The van der Waals surface area contributed by atoms with Crippen molar-refractivity contribution in [1.29, 1.82) is 0 Å². The third kappa shape index (κ3) is 2.93. The van der Waals surface area contributed by atoms with E-state index in [0.29, 0.717) is 11.4 Å². The molecule has 7 heteroatoms. The van der Waals surface area contributed by atoms with Gasteiger partial charge < -0.3 is 10.4 Å². The van der Waals surface area contributed by atoms with Crippen molar-refractivity contribution in [2.75, 3.05) is 0 Å². The molecule has 2 heterocycles. The van der Waals surface area contributed by atoms with Crippen LogP contribution < -0.4 is 5.32 Å². The topological polar surface area (TPSA) is 79.3 Å². The second kappa shape index (κ2) is 5.28. The first kappa shape index (κ1) is 12.7. The Hall–Kier alpha value is -1.73. The number of amides is 1. The van der Waals surface area contributed by atoms with Crippen molar-refractivity contribution in [1.82, 2.24) is 10.3 Å². The van der Waals surface area contributed by atoms with E-state index < -0.39 is 5.97 Å². The van der Waals surface area contributed by atoms with Crippen LogP contribution in [0.5, 0.6) is 0 Å². The van der Waals surface area contributed by atoms with Crippen molar-refractivity contribution < 1.29 is 14.7 Å². The van der Waals surface area contributed by atoms with Crippen LogP contribution in [-0.4, -0.2) is 22.0 Å². The number of hydrogen-bond acceptors (Lipinski definition) is 5. The Morgan fingerprint density at radius 1 is 1.33 bits per heavy atom. The molecule has 94 valence electrons. The van der Waals surface area contributed by atoms with Gasteiger partial charge in [0.1, 0.15) is 9.88 Å². The SMILES string of the molecule is CC(=O)NCc1ncc(-c2ccc(C(=O)O)s2)s1. The van der Waals surface area contributed by atoms with Crippen LogP contribution in [-0.2, 0) is 11.3 Å². The lowest BCUT2D eigenvalue weighted by Gasteiger charge is -1.95.